The molecule has 0 fully saturated rings. The minimum atomic E-state index is -1.01. The molecule has 12 nitrogen and oxygen atoms in total. The fourth-order valence-corrected chi connectivity index (χ4v) is 3.85. The SMILES string of the molecule is O=C([O-])CCCCCCCCC(=O)OF.O=C([O-])CCCCCCCCC(=O)OF.O=C([O-])CCCCCCCCC(=O)OF.[Al+3]. The quantitative estimate of drug-likeness (QED) is 0.0903. The van der Waals surface area contributed by atoms with Crippen LogP contribution in [0.4, 0.5) is 13.6 Å². The summed E-state index contributed by atoms with van der Waals surface area (Å²) < 4.78 is 33.7. The van der Waals surface area contributed by atoms with E-state index in [0.717, 1.165) is 77.0 Å². The van der Waals surface area contributed by atoms with E-state index in [9.17, 15) is 57.7 Å². The topological polar surface area (TPSA) is 199 Å². The molecule has 0 spiro atoms. The molecule has 0 aromatic heterocycles. The second-order valence-corrected chi connectivity index (χ2v) is 10.3. The second kappa shape index (κ2) is 40.2. The summed E-state index contributed by atoms with van der Waals surface area (Å²) in [5, 5.41) is 30.1. The van der Waals surface area contributed by atoms with Crippen LogP contribution in [0.25, 0.3) is 0 Å². The van der Waals surface area contributed by atoms with Crippen molar-refractivity contribution in [3.8, 4) is 0 Å². The summed E-state index contributed by atoms with van der Waals surface area (Å²) in [7, 11) is 0. The average molecular weight is 685 g/mol. The van der Waals surface area contributed by atoms with Gasteiger partial charge in [-0.2, -0.15) is 0 Å². The van der Waals surface area contributed by atoms with Crippen molar-refractivity contribution in [2.24, 2.45) is 0 Å². The normalized spacial score (nSPS) is 9.72. The van der Waals surface area contributed by atoms with Gasteiger partial charge in [0.05, 0.1) is 0 Å². The Kier molecular flexibility index (Phi) is 43.7. The van der Waals surface area contributed by atoms with Crippen molar-refractivity contribution in [3.63, 3.8) is 0 Å². The Labute approximate surface area is 279 Å². The van der Waals surface area contributed by atoms with Gasteiger partial charge in [-0.25, -0.2) is 14.4 Å². The van der Waals surface area contributed by atoms with E-state index in [2.05, 4.69) is 14.8 Å². The van der Waals surface area contributed by atoms with Crippen LogP contribution in [-0.4, -0.2) is 53.2 Å². The predicted molar refractivity (Wildman–Crippen MR) is 153 cm³/mol. The van der Waals surface area contributed by atoms with Crippen molar-refractivity contribution in [1.82, 2.24) is 0 Å². The Morgan fingerprint density at radius 3 is 0.630 bits per heavy atom. The number of carbonyl (C=O) groups is 6. The summed E-state index contributed by atoms with van der Waals surface area (Å²) in [5.74, 6) is -5.52. The summed E-state index contributed by atoms with van der Waals surface area (Å²) in [6.07, 6.45) is 15.0. The Hall–Kier alpha value is -2.86. The first-order chi connectivity index (χ1) is 21.5. The molecule has 0 aliphatic rings. The molecule has 0 aliphatic heterocycles. The molecular weight excluding hydrogens is 636 g/mol. The molecule has 0 amide bonds. The van der Waals surface area contributed by atoms with E-state index in [1.807, 2.05) is 0 Å². The van der Waals surface area contributed by atoms with Crippen molar-refractivity contribution in [2.75, 3.05) is 0 Å². The number of carboxylic acids is 3. The third-order valence-corrected chi connectivity index (χ3v) is 6.29. The Balaban J connectivity index is -0.000000285. The van der Waals surface area contributed by atoms with Gasteiger partial charge in [-0.1, -0.05) is 77.0 Å². The molecule has 0 rings (SSSR count). The van der Waals surface area contributed by atoms with E-state index < -0.39 is 35.8 Å². The van der Waals surface area contributed by atoms with Crippen molar-refractivity contribution in [2.45, 2.75) is 154 Å². The number of hydrogen-bond donors (Lipinski definition) is 0. The molecule has 0 atom stereocenters. The van der Waals surface area contributed by atoms with E-state index in [0.29, 0.717) is 38.5 Å². The molecule has 0 saturated heterocycles. The van der Waals surface area contributed by atoms with Gasteiger partial charge in [-0.15, -0.1) is 0 Å². The van der Waals surface area contributed by atoms with Crippen LogP contribution in [0.5, 0.6) is 0 Å². The Bertz CT molecular complexity index is 688. The van der Waals surface area contributed by atoms with Crippen molar-refractivity contribution < 1.29 is 72.5 Å². The zero-order valence-electron chi connectivity index (χ0n) is 26.6. The van der Waals surface area contributed by atoms with Gasteiger partial charge in [-0.3, -0.25) is 14.8 Å². The number of aliphatic carboxylic acids is 3. The van der Waals surface area contributed by atoms with Gasteiger partial charge in [0.15, 0.2) is 0 Å². The van der Waals surface area contributed by atoms with Crippen LogP contribution in [0, 0.1) is 0 Å². The number of halogens is 3. The first-order valence-electron chi connectivity index (χ1n) is 15.5. The molecule has 0 radical (unpaired) electrons. The van der Waals surface area contributed by atoms with E-state index >= 15 is 0 Å². The van der Waals surface area contributed by atoms with E-state index in [-0.39, 0.29) is 55.9 Å². The van der Waals surface area contributed by atoms with Crippen molar-refractivity contribution in [1.29, 1.82) is 0 Å². The maximum atomic E-state index is 11.2. The van der Waals surface area contributed by atoms with Gasteiger partial charge in [0.1, 0.15) is 0 Å². The van der Waals surface area contributed by atoms with E-state index in [4.69, 9.17) is 0 Å². The summed E-state index contributed by atoms with van der Waals surface area (Å²) in [5.41, 5.74) is 0. The van der Waals surface area contributed by atoms with Crippen LogP contribution in [0.3, 0.4) is 0 Å². The van der Waals surface area contributed by atoms with Crippen LogP contribution >= 0.6 is 0 Å². The number of carbonyl (C=O) groups excluding carboxylic acids is 6. The third kappa shape index (κ3) is 50.8. The predicted octanol–water partition coefficient (Wildman–Crippen LogP) is 3.47. The molecule has 46 heavy (non-hydrogen) atoms. The Morgan fingerprint density at radius 2 is 0.478 bits per heavy atom. The number of rotatable bonds is 27. The number of carboxylic acid groups (broad SMARTS) is 3. The first-order valence-corrected chi connectivity index (χ1v) is 15.5. The van der Waals surface area contributed by atoms with Crippen LogP contribution in [0.2, 0.25) is 0 Å². The van der Waals surface area contributed by atoms with Gasteiger partial charge in [0, 0.05) is 50.7 Å². The van der Waals surface area contributed by atoms with Crippen molar-refractivity contribution in [3.05, 3.63) is 0 Å². The number of hydrogen-bond acceptors (Lipinski definition) is 12. The molecule has 0 N–H and O–H groups in total. The van der Waals surface area contributed by atoms with Crippen LogP contribution in [0.15, 0.2) is 0 Å². The maximum Gasteiger partial charge on any atom is 3.00 e. The molecule has 0 aromatic carbocycles. The molecule has 0 unspecified atom stereocenters. The molecule has 16 heteroatoms. The van der Waals surface area contributed by atoms with Gasteiger partial charge in [0.25, 0.3) is 0 Å². The standard InChI is InChI=1S/3C10H17FO4.Al/c3*11-15-10(14)8-6-4-2-1-3-5-7-9(12)13;/h3*1-8H2,(H,12,13);/q;;;+3/p-3. The Morgan fingerprint density at radius 1 is 0.326 bits per heavy atom. The largest absolute Gasteiger partial charge is 3.00 e. The van der Waals surface area contributed by atoms with Crippen LogP contribution in [-0.2, 0) is 43.6 Å². The molecule has 0 heterocycles. The molecule has 0 aromatic rings. The second-order valence-electron chi connectivity index (χ2n) is 10.3. The van der Waals surface area contributed by atoms with Gasteiger partial charge >= 0.3 is 35.3 Å². The molecule has 0 bridgehead atoms. The van der Waals surface area contributed by atoms with E-state index in [1.54, 1.807) is 0 Å². The fourth-order valence-electron chi connectivity index (χ4n) is 3.85. The third-order valence-electron chi connectivity index (χ3n) is 6.29. The summed E-state index contributed by atoms with van der Waals surface area (Å²) in [4.78, 5) is 70.2. The zero-order chi connectivity index (χ0) is 34.6. The van der Waals surface area contributed by atoms with E-state index in [1.165, 1.54) is 0 Å². The molecule has 0 aliphatic carbocycles. The van der Waals surface area contributed by atoms with Gasteiger partial charge < -0.3 is 29.7 Å². The number of unbranched alkanes of at least 4 members (excludes halogenated alkanes) is 15. The maximum absolute atomic E-state index is 11.2. The summed E-state index contributed by atoms with van der Waals surface area (Å²) in [6, 6.07) is 0. The molecular formula is C30H48AlF3O12. The van der Waals surface area contributed by atoms with Crippen LogP contribution < -0.4 is 15.3 Å². The minimum absolute atomic E-state index is 0. The van der Waals surface area contributed by atoms with Gasteiger partial charge in [-0.05, 0) is 57.8 Å². The average Bonchev–Trinajstić information content (AvgIpc) is 3.00. The zero-order valence-corrected chi connectivity index (χ0v) is 27.7. The summed E-state index contributed by atoms with van der Waals surface area (Å²) >= 11 is 0. The molecule has 264 valence electrons. The smallest absolute Gasteiger partial charge is 0.550 e. The van der Waals surface area contributed by atoms with Crippen LogP contribution in [0.1, 0.15) is 154 Å². The molecule has 0 saturated carbocycles. The van der Waals surface area contributed by atoms with Gasteiger partial charge in [0.2, 0.25) is 0 Å². The minimum Gasteiger partial charge on any atom is -0.550 e. The van der Waals surface area contributed by atoms with Crippen molar-refractivity contribution >= 4 is 53.2 Å². The first kappa shape index (κ1) is 50.0. The summed E-state index contributed by atoms with van der Waals surface area (Å²) in [6.45, 7) is 0. The fraction of sp³-hybridized carbons (Fsp3) is 0.800. The monoisotopic (exact) mass is 684 g/mol.